The number of benzene rings is 1. The molecule has 0 atom stereocenters. The van der Waals surface area contributed by atoms with Crippen molar-refractivity contribution in [2.75, 3.05) is 0 Å². The first-order valence-corrected chi connectivity index (χ1v) is 5.97. The minimum absolute atomic E-state index is 0.184. The monoisotopic (exact) mass is 228 g/mol. The third-order valence-corrected chi connectivity index (χ3v) is 2.98. The van der Waals surface area contributed by atoms with E-state index >= 15 is 0 Å². The summed E-state index contributed by atoms with van der Waals surface area (Å²) in [5.74, 6) is 0. The topological polar surface area (TPSA) is 17.8 Å². The van der Waals surface area contributed by atoms with Crippen molar-refractivity contribution in [3.8, 4) is 11.1 Å². The van der Waals surface area contributed by atoms with Crippen LogP contribution in [0.3, 0.4) is 0 Å². The predicted octanol–water partition coefficient (Wildman–Crippen LogP) is 3.69. The maximum absolute atomic E-state index is 4.23. The van der Waals surface area contributed by atoms with Gasteiger partial charge in [-0.05, 0) is 23.5 Å². The summed E-state index contributed by atoms with van der Waals surface area (Å²) in [6.45, 7) is 8.88. The molecule has 1 heterocycles. The summed E-state index contributed by atoms with van der Waals surface area (Å²) in [4.78, 5) is 0. The number of hydrogen-bond donors (Lipinski definition) is 0. The fraction of sp³-hybridized carbons (Fsp3) is 0.400. The van der Waals surface area contributed by atoms with Crippen LogP contribution in [-0.4, -0.2) is 9.78 Å². The molecule has 1 aromatic carbocycles. The highest BCUT2D eigenvalue weighted by Crippen LogP contribution is 2.28. The standard InChI is InChI=1S/C15H20N2/c1-11-6-12(13-9-16-17(5)10-13)8-14(7-11)15(2,3)4/h6-10H,1-5H3. The lowest BCUT2D eigenvalue weighted by Crippen LogP contribution is -2.11. The van der Waals surface area contributed by atoms with Crippen LogP contribution in [0.15, 0.2) is 30.6 Å². The average molecular weight is 228 g/mol. The number of hydrogen-bond acceptors (Lipinski definition) is 1. The molecule has 2 rings (SSSR count). The van der Waals surface area contributed by atoms with E-state index in [-0.39, 0.29) is 5.41 Å². The van der Waals surface area contributed by atoms with Crippen LogP contribution in [0, 0.1) is 6.92 Å². The van der Waals surface area contributed by atoms with Crippen molar-refractivity contribution < 1.29 is 0 Å². The van der Waals surface area contributed by atoms with Crippen molar-refractivity contribution in [2.45, 2.75) is 33.1 Å². The van der Waals surface area contributed by atoms with E-state index in [2.05, 4.69) is 57.2 Å². The molecule has 0 amide bonds. The molecule has 2 nitrogen and oxygen atoms in total. The summed E-state index contributed by atoms with van der Waals surface area (Å²) in [6.07, 6.45) is 3.97. The Kier molecular flexibility index (Phi) is 2.82. The zero-order chi connectivity index (χ0) is 12.6. The first-order valence-electron chi connectivity index (χ1n) is 5.97. The summed E-state index contributed by atoms with van der Waals surface area (Å²) in [7, 11) is 1.95. The van der Waals surface area contributed by atoms with E-state index in [4.69, 9.17) is 0 Å². The Bertz CT molecular complexity index is 530. The first-order chi connectivity index (χ1) is 7.86. The van der Waals surface area contributed by atoms with Crippen LogP contribution in [0.25, 0.3) is 11.1 Å². The van der Waals surface area contributed by atoms with Crippen LogP contribution >= 0.6 is 0 Å². The van der Waals surface area contributed by atoms with Gasteiger partial charge in [-0.2, -0.15) is 5.10 Å². The SMILES string of the molecule is Cc1cc(-c2cnn(C)c2)cc(C(C)(C)C)c1. The Morgan fingerprint density at radius 1 is 1.06 bits per heavy atom. The zero-order valence-electron chi connectivity index (χ0n) is 11.3. The van der Waals surface area contributed by atoms with Gasteiger partial charge in [-0.3, -0.25) is 4.68 Å². The third-order valence-electron chi connectivity index (χ3n) is 2.98. The van der Waals surface area contributed by atoms with E-state index in [1.165, 1.54) is 22.3 Å². The van der Waals surface area contributed by atoms with Crippen LogP contribution in [0.5, 0.6) is 0 Å². The predicted molar refractivity (Wildman–Crippen MR) is 72.1 cm³/mol. The second-order valence-corrected chi connectivity index (χ2v) is 5.74. The summed E-state index contributed by atoms with van der Waals surface area (Å²) >= 11 is 0. The van der Waals surface area contributed by atoms with Crippen molar-refractivity contribution in [3.63, 3.8) is 0 Å². The van der Waals surface area contributed by atoms with Gasteiger partial charge in [-0.25, -0.2) is 0 Å². The summed E-state index contributed by atoms with van der Waals surface area (Å²) in [6, 6.07) is 6.75. The smallest absolute Gasteiger partial charge is 0.0568 e. The second-order valence-electron chi connectivity index (χ2n) is 5.74. The van der Waals surface area contributed by atoms with Crippen molar-refractivity contribution in [2.24, 2.45) is 7.05 Å². The van der Waals surface area contributed by atoms with Gasteiger partial charge in [0.05, 0.1) is 6.20 Å². The molecule has 0 saturated carbocycles. The van der Waals surface area contributed by atoms with Crippen molar-refractivity contribution in [3.05, 3.63) is 41.7 Å². The van der Waals surface area contributed by atoms with Gasteiger partial charge in [0.1, 0.15) is 0 Å². The number of aromatic nitrogens is 2. The van der Waals surface area contributed by atoms with Crippen LogP contribution in [0.4, 0.5) is 0 Å². The molecule has 0 fully saturated rings. The number of rotatable bonds is 1. The Hall–Kier alpha value is -1.57. The lowest BCUT2D eigenvalue weighted by molar-refractivity contribution is 0.590. The fourth-order valence-electron chi connectivity index (χ4n) is 1.95. The van der Waals surface area contributed by atoms with Gasteiger partial charge in [-0.1, -0.05) is 44.5 Å². The molecule has 0 aliphatic heterocycles. The first kappa shape index (κ1) is 11.9. The molecule has 0 unspecified atom stereocenters. The Balaban J connectivity index is 2.52. The third kappa shape index (κ3) is 2.57. The molecule has 2 aromatic rings. The molecular weight excluding hydrogens is 208 g/mol. The molecule has 0 spiro atoms. The molecule has 0 radical (unpaired) electrons. The van der Waals surface area contributed by atoms with Gasteiger partial charge >= 0.3 is 0 Å². The van der Waals surface area contributed by atoms with E-state index < -0.39 is 0 Å². The molecule has 2 heteroatoms. The van der Waals surface area contributed by atoms with Crippen molar-refractivity contribution in [1.29, 1.82) is 0 Å². The molecule has 90 valence electrons. The second kappa shape index (κ2) is 4.02. The van der Waals surface area contributed by atoms with Crippen LogP contribution < -0.4 is 0 Å². The normalized spacial score (nSPS) is 11.8. The fourth-order valence-corrected chi connectivity index (χ4v) is 1.95. The van der Waals surface area contributed by atoms with E-state index in [0.717, 1.165) is 0 Å². The van der Waals surface area contributed by atoms with Gasteiger partial charge in [0.25, 0.3) is 0 Å². The molecule has 1 aromatic heterocycles. The molecule has 17 heavy (non-hydrogen) atoms. The highest BCUT2D eigenvalue weighted by Gasteiger charge is 2.15. The maximum Gasteiger partial charge on any atom is 0.0568 e. The van der Waals surface area contributed by atoms with Gasteiger partial charge < -0.3 is 0 Å². The summed E-state index contributed by atoms with van der Waals surface area (Å²) in [5, 5.41) is 4.23. The maximum atomic E-state index is 4.23. The van der Waals surface area contributed by atoms with E-state index in [1.807, 2.05) is 17.9 Å². The molecule has 0 saturated heterocycles. The molecule has 0 N–H and O–H groups in total. The highest BCUT2D eigenvalue weighted by molar-refractivity contribution is 5.64. The highest BCUT2D eigenvalue weighted by atomic mass is 15.2. The molecule has 0 bridgehead atoms. The Morgan fingerprint density at radius 3 is 2.29 bits per heavy atom. The minimum Gasteiger partial charge on any atom is -0.275 e. The largest absolute Gasteiger partial charge is 0.275 e. The zero-order valence-corrected chi connectivity index (χ0v) is 11.3. The van der Waals surface area contributed by atoms with Crippen molar-refractivity contribution >= 4 is 0 Å². The Morgan fingerprint density at radius 2 is 1.76 bits per heavy atom. The lowest BCUT2D eigenvalue weighted by atomic mass is 9.84. The molecule has 0 aliphatic carbocycles. The quantitative estimate of drug-likeness (QED) is 0.728. The van der Waals surface area contributed by atoms with E-state index in [0.29, 0.717) is 0 Å². The number of aryl methyl sites for hydroxylation is 2. The molecule has 0 aliphatic rings. The minimum atomic E-state index is 0.184. The van der Waals surface area contributed by atoms with Crippen LogP contribution in [0.2, 0.25) is 0 Å². The van der Waals surface area contributed by atoms with E-state index in [9.17, 15) is 0 Å². The summed E-state index contributed by atoms with van der Waals surface area (Å²) in [5.41, 5.74) is 5.29. The van der Waals surface area contributed by atoms with E-state index in [1.54, 1.807) is 0 Å². The Labute approximate surface area is 103 Å². The number of nitrogens with zero attached hydrogens (tertiary/aromatic N) is 2. The average Bonchev–Trinajstić information content (AvgIpc) is 2.62. The van der Waals surface area contributed by atoms with Crippen LogP contribution in [-0.2, 0) is 12.5 Å². The van der Waals surface area contributed by atoms with Gasteiger partial charge in [0.15, 0.2) is 0 Å². The van der Waals surface area contributed by atoms with Gasteiger partial charge in [0.2, 0.25) is 0 Å². The van der Waals surface area contributed by atoms with Crippen LogP contribution in [0.1, 0.15) is 31.9 Å². The lowest BCUT2D eigenvalue weighted by Gasteiger charge is -2.20. The van der Waals surface area contributed by atoms with Gasteiger partial charge in [0, 0.05) is 18.8 Å². The van der Waals surface area contributed by atoms with Crippen molar-refractivity contribution in [1.82, 2.24) is 9.78 Å². The molecular formula is C15H20N2. The van der Waals surface area contributed by atoms with Gasteiger partial charge in [-0.15, -0.1) is 0 Å². The summed E-state index contributed by atoms with van der Waals surface area (Å²) < 4.78 is 1.84.